The normalized spacial score (nSPS) is 9.45. The summed E-state index contributed by atoms with van der Waals surface area (Å²) in [7, 11) is 0. The quantitative estimate of drug-likeness (QED) is 0.794. The molecule has 0 spiro atoms. The molecule has 0 aromatic heterocycles. The number of nitriles is 1. The Hall–Kier alpha value is -2.88. The first kappa shape index (κ1) is 17.2. The van der Waals surface area contributed by atoms with Crippen molar-refractivity contribution in [3.8, 4) is 6.07 Å². The minimum Gasteiger partial charge on any atom is -0.456 e. The lowest BCUT2D eigenvalue weighted by atomic mass is 10.1. The molecule has 0 saturated carbocycles. The first-order valence-corrected chi connectivity index (χ1v) is 6.66. The van der Waals surface area contributed by atoms with Crippen LogP contribution in [0.15, 0.2) is 24.3 Å². The van der Waals surface area contributed by atoms with Crippen LogP contribution in [0.3, 0.4) is 0 Å². The summed E-state index contributed by atoms with van der Waals surface area (Å²) in [4.78, 5) is 33.7. The second-order valence-electron chi connectivity index (χ2n) is 4.24. The van der Waals surface area contributed by atoms with E-state index in [0.29, 0.717) is 12.0 Å². The van der Waals surface area contributed by atoms with Gasteiger partial charge >= 0.3 is 12.1 Å². The number of carbonyl (C=O) groups excluding carboxylic acids is 3. The summed E-state index contributed by atoms with van der Waals surface area (Å²) in [5, 5.41) is 10.6. The summed E-state index contributed by atoms with van der Waals surface area (Å²) in [5.74, 6) is -1.30. The first-order chi connectivity index (χ1) is 10.5. The number of nitrogens with zero attached hydrogens (tertiary/aromatic N) is 1. The minimum atomic E-state index is -0.874. The molecule has 22 heavy (non-hydrogen) atoms. The number of amides is 2. The highest BCUT2D eigenvalue weighted by molar-refractivity contribution is 5.93. The van der Waals surface area contributed by atoms with Crippen LogP contribution in [0, 0.1) is 11.3 Å². The minimum absolute atomic E-state index is 0.0958. The van der Waals surface area contributed by atoms with Crippen LogP contribution in [0.4, 0.5) is 4.79 Å². The zero-order valence-electron chi connectivity index (χ0n) is 12.1. The van der Waals surface area contributed by atoms with E-state index >= 15 is 0 Å². The number of imide groups is 1. The second-order valence-corrected chi connectivity index (χ2v) is 4.24. The predicted octanol–water partition coefficient (Wildman–Crippen LogP) is 1.31. The lowest BCUT2D eigenvalue weighted by Crippen LogP contribution is -2.34. The van der Waals surface area contributed by atoms with Crippen LogP contribution >= 0.6 is 0 Å². The zero-order valence-corrected chi connectivity index (χ0v) is 12.1. The molecular weight excluding hydrogens is 288 g/mol. The molecule has 7 heteroatoms. The first-order valence-electron chi connectivity index (χ1n) is 6.66. The summed E-state index contributed by atoms with van der Waals surface area (Å²) in [5.41, 5.74) is 1.42. The molecule has 7 nitrogen and oxygen atoms in total. The van der Waals surface area contributed by atoms with E-state index in [9.17, 15) is 14.4 Å². The van der Waals surface area contributed by atoms with E-state index in [0.717, 1.165) is 5.56 Å². The number of benzene rings is 1. The third-order valence-electron chi connectivity index (χ3n) is 2.58. The molecule has 0 aliphatic rings. The highest BCUT2D eigenvalue weighted by atomic mass is 16.6. The Balaban J connectivity index is 2.27. The molecule has 1 N–H and O–H groups in total. The summed E-state index contributed by atoms with van der Waals surface area (Å²) in [6, 6.07) is 8.82. The Morgan fingerprint density at radius 1 is 1.18 bits per heavy atom. The van der Waals surface area contributed by atoms with Crippen molar-refractivity contribution in [1.82, 2.24) is 5.32 Å². The monoisotopic (exact) mass is 304 g/mol. The number of esters is 1. The number of aryl methyl sites for hydroxylation is 1. The van der Waals surface area contributed by atoms with Crippen LogP contribution in [-0.4, -0.2) is 31.2 Å². The molecule has 1 aromatic rings. The molecule has 0 atom stereocenters. The van der Waals surface area contributed by atoms with Crippen molar-refractivity contribution in [2.24, 2.45) is 0 Å². The van der Waals surface area contributed by atoms with Crippen LogP contribution in [-0.2, 0) is 25.5 Å². The Bertz CT molecular complexity index is 575. The summed E-state index contributed by atoms with van der Waals surface area (Å²) in [6.07, 6.45) is -0.344. The predicted molar refractivity (Wildman–Crippen MR) is 75.6 cm³/mol. The van der Waals surface area contributed by atoms with E-state index in [-0.39, 0.29) is 13.0 Å². The molecule has 0 fully saturated rings. The molecule has 1 rings (SSSR count). The van der Waals surface area contributed by atoms with E-state index in [1.807, 2.05) is 11.4 Å². The smallest absolute Gasteiger partial charge is 0.413 e. The fourth-order valence-corrected chi connectivity index (χ4v) is 1.53. The van der Waals surface area contributed by atoms with Crippen molar-refractivity contribution in [2.75, 3.05) is 13.2 Å². The number of hydrogen-bond acceptors (Lipinski definition) is 6. The fraction of sp³-hybridized carbons (Fsp3) is 0.333. The van der Waals surface area contributed by atoms with Gasteiger partial charge in [0.15, 0.2) is 6.61 Å². The summed E-state index contributed by atoms with van der Waals surface area (Å²) >= 11 is 0. The largest absolute Gasteiger partial charge is 0.456 e. The molecule has 0 radical (unpaired) electrons. The topological polar surface area (TPSA) is 105 Å². The molecule has 1 aromatic carbocycles. The van der Waals surface area contributed by atoms with Gasteiger partial charge in [-0.15, -0.1) is 0 Å². The highest BCUT2D eigenvalue weighted by Crippen LogP contribution is 2.06. The van der Waals surface area contributed by atoms with Gasteiger partial charge in [-0.05, 0) is 31.0 Å². The number of hydrogen-bond donors (Lipinski definition) is 1. The van der Waals surface area contributed by atoms with E-state index in [1.165, 1.54) is 0 Å². The Kier molecular flexibility index (Phi) is 7.13. The molecule has 2 amide bonds. The molecule has 0 saturated heterocycles. The van der Waals surface area contributed by atoms with E-state index in [2.05, 4.69) is 4.74 Å². The van der Waals surface area contributed by atoms with Crippen LogP contribution < -0.4 is 5.32 Å². The molecule has 0 unspecified atom stereocenters. The van der Waals surface area contributed by atoms with Gasteiger partial charge in [-0.25, -0.2) is 4.79 Å². The number of ether oxygens (including phenoxy) is 2. The van der Waals surface area contributed by atoms with Crippen LogP contribution in [0.2, 0.25) is 0 Å². The molecule has 0 heterocycles. The van der Waals surface area contributed by atoms with E-state index in [4.69, 9.17) is 10.00 Å². The van der Waals surface area contributed by atoms with E-state index in [1.54, 1.807) is 31.2 Å². The summed E-state index contributed by atoms with van der Waals surface area (Å²) in [6.45, 7) is 1.21. The fourth-order valence-electron chi connectivity index (χ4n) is 1.53. The maximum absolute atomic E-state index is 11.5. The van der Waals surface area contributed by atoms with Gasteiger partial charge in [0.25, 0.3) is 5.91 Å². The highest BCUT2D eigenvalue weighted by Gasteiger charge is 2.11. The van der Waals surface area contributed by atoms with Gasteiger partial charge in [0, 0.05) is 6.42 Å². The van der Waals surface area contributed by atoms with Crippen molar-refractivity contribution in [1.29, 1.82) is 5.26 Å². The Morgan fingerprint density at radius 3 is 2.45 bits per heavy atom. The number of rotatable bonds is 6. The van der Waals surface area contributed by atoms with Crippen molar-refractivity contribution in [2.45, 2.75) is 19.8 Å². The third-order valence-corrected chi connectivity index (χ3v) is 2.58. The van der Waals surface area contributed by atoms with Gasteiger partial charge in [-0.3, -0.25) is 14.9 Å². The van der Waals surface area contributed by atoms with Gasteiger partial charge < -0.3 is 9.47 Å². The van der Waals surface area contributed by atoms with Crippen LogP contribution in [0.25, 0.3) is 0 Å². The Labute approximate surface area is 127 Å². The number of carbonyl (C=O) groups is 3. The van der Waals surface area contributed by atoms with Gasteiger partial charge in [-0.2, -0.15) is 5.26 Å². The Morgan fingerprint density at radius 2 is 1.86 bits per heavy atom. The SMILES string of the molecule is CCOC(=O)NC(=O)COC(=O)CCc1ccc(C#N)cc1. The molecule has 0 aliphatic heterocycles. The van der Waals surface area contributed by atoms with Crippen LogP contribution in [0.5, 0.6) is 0 Å². The van der Waals surface area contributed by atoms with Crippen molar-refractivity contribution < 1.29 is 23.9 Å². The van der Waals surface area contributed by atoms with E-state index < -0.39 is 24.6 Å². The standard InChI is InChI=1S/C15H16N2O5/c1-2-21-15(20)17-13(18)10-22-14(19)8-7-11-3-5-12(9-16)6-4-11/h3-6H,2,7-8,10H2,1H3,(H,17,18,20). The number of nitrogens with one attached hydrogen (secondary N) is 1. The lowest BCUT2D eigenvalue weighted by Gasteiger charge is -2.06. The van der Waals surface area contributed by atoms with Gasteiger partial charge in [0.1, 0.15) is 0 Å². The average molecular weight is 304 g/mol. The van der Waals surface area contributed by atoms with Gasteiger partial charge in [-0.1, -0.05) is 12.1 Å². The maximum atomic E-state index is 11.5. The van der Waals surface area contributed by atoms with Gasteiger partial charge in [0.05, 0.1) is 18.2 Å². The molecular formula is C15H16N2O5. The number of alkyl carbamates (subject to hydrolysis) is 1. The average Bonchev–Trinajstić information content (AvgIpc) is 2.51. The second kappa shape index (κ2) is 9.13. The zero-order chi connectivity index (χ0) is 16.4. The van der Waals surface area contributed by atoms with Crippen molar-refractivity contribution in [3.63, 3.8) is 0 Å². The van der Waals surface area contributed by atoms with Crippen molar-refractivity contribution >= 4 is 18.0 Å². The molecule has 0 aliphatic carbocycles. The third kappa shape index (κ3) is 6.52. The maximum Gasteiger partial charge on any atom is 0.413 e. The molecule has 0 bridgehead atoms. The van der Waals surface area contributed by atoms with Crippen LogP contribution in [0.1, 0.15) is 24.5 Å². The lowest BCUT2D eigenvalue weighted by molar-refractivity contribution is -0.148. The van der Waals surface area contributed by atoms with Gasteiger partial charge in [0.2, 0.25) is 0 Å². The van der Waals surface area contributed by atoms with Crippen molar-refractivity contribution in [3.05, 3.63) is 35.4 Å². The molecule has 116 valence electrons. The summed E-state index contributed by atoms with van der Waals surface area (Å²) < 4.78 is 9.25.